The number of primary amides is 1. The molecule has 1 unspecified atom stereocenters. The van der Waals surface area contributed by atoms with Crippen LogP contribution in [0.5, 0.6) is 0 Å². The second-order valence-corrected chi connectivity index (χ2v) is 7.97. The van der Waals surface area contributed by atoms with Crippen LogP contribution in [0.15, 0.2) is 48.5 Å². The van der Waals surface area contributed by atoms with Crippen LogP contribution >= 0.6 is 0 Å². The first-order valence-electron chi connectivity index (χ1n) is 10.1. The first-order chi connectivity index (χ1) is 14.4. The number of fused-ring (bicyclic) bond motifs is 1. The van der Waals surface area contributed by atoms with E-state index in [1.807, 2.05) is 36.1 Å². The van der Waals surface area contributed by atoms with Gasteiger partial charge in [0.05, 0.1) is 23.2 Å². The number of benzene rings is 2. The summed E-state index contributed by atoms with van der Waals surface area (Å²) in [5.74, 6) is -1.00. The molecule has 0 radical (unpaired) electrons. The van der Waals surface area contributed by atoms with Gasteiger partial charge in [-0.15, -0.1) is 0 Å². The molecular formula is C24H24FN3O2. The molecule has 2 amide bonds. The molecule has 154 valence electrons. The lowest BCUT2D eigenvalue weighted by Crippen LogP contribution is -2.40. The van der Waals surface area contributed by atoms with Gasteiger partial charge in [0.25, 0.3) is 5.91 Å². The maximum absolute atomic E-state index is 13.6. The van der Waals surface area contributed by atoms with Crippen LogP contribution in [-0.2, 0) is 11.2 Å². The van der Waals surface area contributed by atoms with E-state index in [9.17, 15) is 14.0 Å². The summed E-state index contributed by atoms with van der Waals surface area (Å²) >= 11 is 0. The Hall–Kier alpha value is -3.28. The highest BCUT2D eigenvalue weighted by Crippen LogP contribution is 2.30. The van der Waals surface area contributed by atoms with Gasteiger partial charge >= 0.3 is 0 Å². The number of carbonyl (C=O) groups excluding carboxylic acids is 2. The predicted octanol–water partition coefficient (Wildman–Crippen LogP) is 3.73. The standard InChI is InChI=1S/C24H24FN3O2/c1-15-4-2-5-16(10-15)11-22(29)28-9-3-6-17(14-28)23-20(24(26)30)13-18-12-19(25)7-8-21(18)27-23/h2,4-5,7-8,10,12-13,17H,3,6,9,11,14H2,1H3,(H2,26,30). The molecule has 1 saturated heterocycles. The molecule has 1 aromatic heterocycles. The van der Waals surface area contributed by atoms with Gasteiger partial charge in [-0.2, -0.15) is 0 Å². The SMILES string of the molecule is Cc1cccc(CC(=O)N2CCCC(c3nc4ccc(F)cc4cc3C(N)=O)C2)c1. The van der Waals surface area contributed by atoms with E-state index in [-0.39, 0.29) is 11.8 Å². The third-order valence-corrected chi connectivity index (χ3v) is 5.67. The van der Waals surface area contributed by atoms with Crippen LogP contribution in [0, 0.1) is 12.7 Å². The Bertz CT molecular complexity index is 1130. The van der Waals surface area contributed by atoms with E-state index in [2.05, 4.69) is 4.98 Å². The summed E-state index contributed by atoms with van der Waals surface area (Å²) in [4.78, 5) is 31.5. The summed E-state index contributed by atoms with van der Waals surface area (Å²) in [6.07, 6.45) is 1.99. The zero-order valence-electron chi connectivity index (χ0n) is 16.9. The van der Waals surface area contributed by atoms with Gasteiger partial charge in [0.15, 0.2) is 0 Å². The molecule has 5 nitrogen and oxygen atoms in total. The Morgan fingerprint density at radius 1 is 1.20 bits per heavy atom. The summed E-state index contributed by atoms with van der Waals surface area (Å²) < 4.78 is 13.6. The van der Waals surface area contributed by atoms with E-state index in [4.69, 9.17) is 5.73 Å². The van der Waals surface area contributed by atoms with Crippen molar-refractivity contribution < 1.29 is 14.0 Å². The number of piperidine rings is 1. The second kappa shape index (κ2) is 8.22. The molecule has 3 aromatic rings. The Morgan fingerprint density at radius 2 is 2.03 bits per heavy atom. The van der Waals surface area contributed by atoms with Gasteiger partial charge in [-0.3, -0.25) is 14.6 Å². The maximum atomic E-state index is 13.6. The minimum Gasteiger partial charge on any atom is -0.366 e. The Morgan fingerprint density at radius 3 is 2.80 bits per heavy atom. The third-order valence-electron chi connectivity index (χ3n) is 5.67. The number of aromatic nitrogens is 1. The topological polar surface area (TPSA) is 76.3 Å². The van der Waals surface area contributed by atoms with Crippen LogP contribution < -0.4 is 5.73 Å². The van der Waals surface area contributed by atoms with E-state index < -0.39 is 11.7 Å². The first-order valence-corrected chi connectivity index (χ1v) is 10.1. The molecule has 4 rings (SSSR count). The molecule has 0 bridgehead atoms. The van der Waals surface area contributed by atoms with E-state index in [1.54, 1.807) is 12.1 Å². The second-order valence-electron chi connectivity index (χ2n) is 7.97. The fourth-order valence-corrected chi connectivity index (χ4v) is 4.21. The molecule has 6 heteroatoms. The van der Waals surface area contributed by atoms with Gasteiger partial charge < -0.3 is 10.6 Å². The minimum atomic E-state index is -0.591. The van der Waals surface area contributed by atoms with E-state index in [0.29, 0.717) is 41.7 Å². The third kappa shape index (κ3) is 4.17. The van der Waals surface area contributed by atoms with Crippen molar-refractivity contribution in [3.63, 3.8) is 0 Å². The molecule has 30 heavy (non-hydrogen) atoms. The number of halogens is 1. The highest BCUT2D eigenvalue weighted by molar-refractivity contribution is 5.98. The summed E-state index contributed by atoms with van der Waals surface area (Å²) in [5, 5.41) is 0.538. The average molecular weight is 405 g/mol. The van der Waals surface area contributed by atoms with Crippen LogP contribution in [0.3, 0.4) is 0 Å². The molecule has 0 aliphatic carbocycles. The fraction of sp³-hybridized carbons (Fsp3) is 0.292. The van der Waals surface area contributed by atoms with Crippen molar-refractivity contribution in [3.8, 4) is 0 Å². The fourth-order valence-electron chi connectivity index (χ4n) is 4.21. The Kier molecular flexibility index (Phi) is 5.48. The van der Waals surface area contributed by atoms with Crippen molar-refractivity contribution >= 4 is 22.7 Å². The van der Waals surface area contributed by atoms with E-state index in [0.717, 1.165) is 24.0 Å². The van der Waals surface area contributed by atoms with Gasteiger partial charge in [0.2, 0.25) is 5.91 Å². The Labute approximate surface area is 174 Å². The van der Waals surface area contributed by atoms with Crippen LogP contribution in [0.25, 0.3) is 10.9 Å². The normalized spacial score (nSPS) is 16.6. The first kappa shape index (κ1) is 20.0. The van der Waals surface area contributed by atoms with Crippen molar-refractivity contribution in [2.75, 3.05) is 13.1 Å². The average Bonchev–Trinajstić information content (AvgIpc) is 2.72. The quantitative estimate of drug-likeness (QED) is 0.719. The zero-order chi connectivity index (χ0) is 21.3. The molecule has 2 N–H and O–H groups in total. The minimum absolute atomic E-state index is 0.0637. The number of hydrogen-bond acceptors (Lipinski definition) is 3. The van der Waals surface area contributed by atoms with Crippen LogP contribution in [0.4, 0.5) is 4.39 Å². The molecule has 1 fully saturated rings. The number of hydrogen-bond donors (Lipinski definition) is 1. The van der Waals surface area contributed by atoms with Gasteiger partial charge in [-0.05, 0) is 49.6 Å². The number of carbonyl (C=O) groups is 2. The number of likely N-dealkylation sites (tertiary alicyclic amines) is 1. The van der Waals surface area contributed by atoms with Gasteiger partial charge in [0.1, 0.15) is 5.82 Å². The van der Waals surface area contributed by atoms with Gasteiger partial charge in [-0.1, -0.05) is 29.8 Å². The van der Waals surface area contributed by atoms with E-state index in [1.165, 1.54) is 12.1 Å². The van der Waals surface area contributed by atoms with Crippen molar-refractivity contribution in [1.82, 2.24) is 9.88 Å². The van der Waals surface area contributed by atoms with Crippen molar-refractivity contribution in [3.05, 3.63) is 76.7 Å². The predicted molar refractivity (Wildman–Crippen MR) is 114 cm³/mol. The molecule has 2 heterocycles. The maximum Gasteiger partial charge on any atom is 0.250 e. The van der Waals surface area contributed by atoms with Crippen LogP contribution in [0.2, 0.25) is 0 Å². The molecular weight excluding hydrogens is 381 g/mol. The van der Waals surface area contributed by atoms with Crippen molar-refractivity contribution in [1.29, 1.82) is 0 Å². The molecule has 2 aromatic carbocycles. The summed E-state index contributed by atoms with van der Waals surface area (Å²) in [7, 11) is 0. The summed E-state index contributed by atoms with van der Waals surface area (Å²) in [5.41, 5.74) is 9.22. The molecule has 0 spiro atoms. The van der Waals surface area contributed by atoms with E-state index >= 15 is 0 Å². The number of aryl methyl sites for hydroxylation is 1. The number of rotatable bonds is 4. The molecule has 1 atom stereocenters. The smallest absolute Gasteiger partial charge is 0.250 e. The van der Waals surface area contributed by atoms with Crippen molar-refractivity contribution in [2.24, 2.45) is 5.73 Å². The number of nitrogens with zero attached hydrogens (tertiary/aromatic N) is 2. The molecule has 1 aliphatic heterocycles. The lowest BCUT2D eigenvalue weighted by Gasteiger charge is -2.33. The molecule has 1 aliphatic rings. The largest absolute Gasteiger partial charge is 0.366 e. The number of nitrogens with two attached hydrogens (primary N) is 1. The monoisotopic (exact) mass is 405 g/mol. The lowest BCUT2D eigenvalue weighted by molar-refractivity contribution is -0.131. The molecule has 0 saturated carbocycles. The summed E-state index contributed by atoms with van der Waals surface area (Å²) in [6, 6.07) is 13.8. The van der Waals surface area contributed by atoms with Gasteiger partial charge in [-0.25, -0.2) is 4.39 Å². The Balaban J connectivity index is 1.60. The van der Waals surface area contributed by atoms with Gasteiger partial charge in [0, 0.05) is 24.4 Å². The van der Waals surface area contributed by atoms with Crippen LogP contribution in [-0.4, -0.2) is 34.8 Å². The van der Waals surface area contributed by atoms with Crippen LogP contribution in [0.1, 0.15) is 45.9 Å². The number of amides is 2. The highest BCUT2D eigenvalue weighted by Gasteiger charge is 2.28. The zero-order valence-corrected chi connectivity index (χ0v) is 16.9. The van der Waals surface area contributed by atoms with Crippen molar-refractivity contribution in [2.45, 2.75) is 32.1 Å². The number of pyridine rings is 1. The highest BCUT2D eigenvalue weighted by atomic mass is 19.1. The summed E-state index contributed by atoms with van der Waals surface area (Å²) in [6.45, 7) is 3.18. The lowest BCUT2D eigenvalue weighted by atomic mass is 9.90.